The zero-order chi connectivity index (χ0) is 19.1. The molecule has 0 unspecified atom stereocenters. The fraction of sp³-hybridized carbons (Fsp3) is 0.333. The number of carbonyl (C=O) groups is 2. The van der Waals surface area contributed by atoms with Crippen LogP contribution in [0.25, 0.3) is 11.1 Å². The Morgan fingerprint density at radius 2 is 1.63 bits per heavy atom. The van der Waals surface area contributed by atoms with Gasteiger partial charge in [0.05, 0.1) is 12.6 Å². The van der Waals surface area contributed by atoms with E-state index in [1.807, 2.05) is 38.1 Å². The van der Waals surface area contributed by atoms with Crippen molar-refractivity contribution in [2.24, 2.45) is 11.7 Å². The van der Waals surface area contributed by atoms with Crippen molar-refractivity contribution in [2.45, 2.75) is 33.4 Å². The Bertz CT molecular complexity index is 778. The van der Waals surface area contributed by atoms with Crippen LogP contribution in [0.1, 0.15) is 25.0 Å². The van der Waals surface area contributed by atoms with Crippen LogP contribution in [0, 0.1) is 12.8 Å². The van der Waals surface area contributed by atoms with Gasteiger partial charge >= 0.3 is 0 Å². The van der Waals surface area contributed by atoms with Crippen molar-refractivity contribution in [2.75, 3.05) is 6.54 Å². The molecule has 2 amide bonds. The van der Waals surface area contributed by atoms with Crippen LogP contribution in [-0.4, -0.2) is 24.4 Å². The molecule has 5 nitrogen and oxygen atoms in total. The molecule has 2 aromatic carbocycles. The van der Waals surface area contributed by atoms with Crippen LogP contribution >= 0.6 is 12.4 Å². The monoisotopic (exact) mass is 389 g/mol. The van der Waals surface area contributed by atoms with Gasteiger partial charge in [0.25, 0.3) is 0 Å². The predicted octanol–water partition coefficient (Wildman–Crippen LogP) is 2.80. The van der Waals surface area contributed by atoms with Crippen LogP contribution in [0.5, 0.6) is 0 Å². The first kappa shape index (κ1) is 22.7. The fourth-order valence-electron chi connectivity index (χ4n) is 2.54. The Balaban J connectivity index is 0.00000364. The summed E-state index contributed by atoms with van der Waals surface area (Å²) in [4.78, 5) is 23.7. The highest BCUT2D eigenvalue weighted by molar-refractivity contribution is 5.87. The molecule has 0 aliphatic rings. The van der Waals surface area contributed by atoms with Gasteiger partial charge < -0.3 is 16.4 Å². The lowest BCUT2D eigenvalue weighted by molar-refractivity contribution is -0.127. The summed E-state index contributed by atoms with van der Waals surface area (Å²) in [6, 6.07) is 15.7. The number of hydrogen-bond donors (Lipinski definition) is 3. The van der Waals surface area contributed by atoms with Gasteiger partial charge in [-0.05, 0) is 35.6 Å². The highest BCUT2D eigenvalue weighted by atomic mass is 35.5. The van der Waals surface area contributed by atoms with Crippen molar-refractivity contribution < 1.29 is 9.59 Å². The summed E-state index contributed by atoms with van der Waals surface area (Å²) in [5, 5.41) is 5.39. The molecule has 27 heavy (non-hydrogen) atoms. The van der Waals surface area contributed by atoms with Crippen molar-refractivity contribution in [1.82, 2.24) is 10.6 Å². The molecule has 0 aliphatic carbocycles. The number of benzene rings is 2. The Morgan fingerprint density at radius 1 is 1.00 bits per heavy atom. The van der Waals surface area contributed by atoms with E-state index in [1.54, 1.807) is 0 Å². The molecule has 146 valence electrons. The Kier molecular flexibility index (Phi) is 8.98. The fourth-order valence-corrected chi connectivity index (χ4v) is 2.54. The van der Waals surface area contributed by atoms with E-state index in [0.717, 1.165) is 16.7 Å². The quantitative estimate of drug-likeness (QED) is 0.680. The molecule has 0 saturated carbocycles. The third-order valence-corrected chi connectivity index (χ3v) is 4.21. The molecule has 0 saturated heterocycles. The van der Waals surface area contributed by atoms with E-state index >= 15 is 0 Å². The molecule has 0 fully saturated rings. The maximum atomic E-state index is 11.9. The molecule has 1 atom stereocenters. The molecule has 0 aliphatic heterocycles. The highest BCUT2D eigenvalue weighted by Gasteiger charge is 2.17. The molecule has 0 heterocycles. The van der Waals surface area contributed by atoms with Gasteiger partial charge in [0.1, 0.15) is 0 Å². The molecule has 6 heteroatoms. The SMILES string of the molecule is Cc1cccc(-c2cccc(CNC(=O)CNC(=O)[C@@H](N)C(C)C)c2)c1.Cl. The second kappa shape index (κ2) is 10.7. The lowest BCUT2D eigenvalue weighted by atomic mass is 10.0. The number of nitrogens with one attached hydrogen (secondary N) is 2. The lowest BCUT2D eigenvalue weighted by Gasteiger charge is -2.15. The van der Waals surface area contributed by atoms with Gasteiger partial charge in [0.15, 0.2) is 0 Å². The third-order valence-electron chi connectivity index (χ3n) is 4.21. The third kappa shape index (κ3) is 7.04. The zero-order valence-electron chi connectivity index (χ0n) is 16.0. The summed E-state index contributed by atoms with van der Waals surface area (Å²) in [7, 11) is 0. The Hall–Kier alpha value is -2.37. The molecule has 2 aromatic rings. The molecule has 0 radical (unpaired) electrons. The van der Waals surface area contributed by atoms with E-state index in [4.69, 9.17) is 5.73 Å². The topological polar surface area (TPSA) is 84.2 Å². The van der Waals surface area contributed by atoms with E-state index in [0.29, 0.717) is 6.54 Å². The average molecular weight is 390 g/mol. The second-order valence-corrected chi connectivity index (χ2v) is 6.83. The van der Waals surface area contributed by atoms with Gasteiger partial charge in [0.2, 0.25) is 11.8 Å². The minimum Gasteiger partial charge on any atom is -0.350 e. The molecular formula is C21H28ClN3O2. The van der Waals surface area contributed by atoms with Crippen LogP contribution < -0.4 is 16.4 Å². The number of nitrogens with two attached hydrogens (primary N) is 1. The van der Waals surface area contributed by atoms with Crippen LogP contribution in [0.15, 0.2) is 48.5 Å². The summed E-state index contributed by atoms with van der Waals surface area (Å²) in [5.41, 5.74) is 10.2. The van der Waals surface area contributed by atoms with Gasteiger partial charge in [-0.25, -0.2) is 0 Å². The normalized spacial score (nSPS) is 11.4. The molecule has 0 spiro atoms. The first-order valence-corrected chi connectivity index (χ1v) is 8.83. The van der Waals surface area contributed by atoms with E-state index in [1.165, 1.54) is 5.56 Å². The Labute approximate surface area is 167 Å². The smallest absolute Gasteiger partial charge is 0.239 e. The van der Waals surface area contributed by atoms with Gasteiger partial charge in [-0.15, -0.1) is 12.4 Å². The molecule has 0 bridgehead atoms. The van der Waals surface area contributed by atoms with Gasteiger partial charge in [0, 0.05) is 6.54 Å². The summed E-state index contributed by atoms with van der Waals surface area (Å²) in [6.07, 6.45) is 0. The van der Waals surface area contributed by atoms with Crippen LogP contribution in [-0.2, 0) is 16.1 Å². The summed E-state index contributed by atoms with van der Waals surface area (Å²) < 4.78 is 0. The van der Waals surface area contributed by atoms with Crippen LogP contribution in [0.4, 0.5) is 0 Å². The molecule has 4 N–H and O–H groups in total. The van der Waals surface area contributed by atoms with Gasteiger partial charge in [-0.3, -0.25) is 9.59 Å². The molecular weight excluding hydrogens is 362 g/mol. The van der Waals surface area contributed by atoms with E-state index in [9.17, 15) is 9.59 Å². The number of rotatable bonds is 7. The van der Waals surface area contributed by atoms with Gasteiger partial charge in [-0.1, -0.05) is 61.9 Å². The summed E-state index contributed by atoms with van der Waals surface area (Å²) >= 11 is 0. The minimum atomic E-state index is -0.603. The van der Waals surface area contributed by atoms with Gasteiger partial charge in [-0.2, -0.15) is 0 Å². The first-order valence-electron chi connectivity index (χ1n) is 8.83. The maximum absolute atomic E-state index is 11.9. The number of hydrogen-bond acceptors (Lipinski definition) is 3. The first-order chi connectivity index (χ1) is 12.4. The molecule has 2 rings (SSSR count). The lowest BCUT2D eigenvalue weighted by Crippen LogP contribution is -2.47. The van der Waals surface area contributed by atoms with Crippen molar-refractivity contribution in [1.29, 1.82) is 0 Å². The zero-order valence-corrected chi connectivity index (χ0v) is 16.8. The minimum absolute atomic E-state index is 0. The molecule has 0 aromatic heterocycles. The number of halogens is 1. The van der Waals surface area contributed by atoms with Crippen LogP contribution in [0.3, 0.4) is 0 Å². The number of carbonyl (C=O) groups excluding carboxylic acids is 2. The van der Waals surface area contributed by atoms with E-state index in [-0.39, 0.29) is 36.7 Å². The van der Waals surface area contributed by atoms with Crippen molar-refractivity contribution in [3.8, 4) is 11.1 Å². The summed E-state index contributed by atoms with van der Waals surface area (Å²) in [5.74, 6) is -0.519. The summed E-state index contributed by atoms with van der Waals surface area (Å²) in [6.45, 7) is 6.13. The number of amides is 2. The van der Waals surface area contributed by atoms with Crippen molar-refractivity contribution in [3.05, 3.63) is 59.7 Å². The largest absolute Gasteiger partial charge is 0.350 e. The predicted molar refractivity (Wildman–Crippen MR) is 112 cm³/mol. The highest BCUT2D eigenvalue weighted by Crippen LogP contribution is 2.21. The van der Waals surface area contributed by atoms with E-state index < -0.39 is 6.04 Å². The van der Waals surface area contributed by atoms with Crippen molar-refractivity contribution in [3.63, 3.8) is 0 Å². The standard InChI is InChI=1S/C21H27N3O2.ClH/c1-14(2)20(22)21(26)24-13-19(25)23-12-16-7-5-9-18(11-16)17-8-4-6-15(3)10-17;/h4-11,14,20H,12-13,22H2,1-3H3,(H,23,25)(H,24,26);1H/t20-;/m0./s1. The van der Waals surface area contributed by atoms with E-state index in [2.05, 4.69) is 41.8 Å². The Morgan fingerprint density at radius 3 is 2.26 bits per heavy atom. The second-order valence-electron chi connectivity index (χ2n) is 6.83. The van der Waals surface area contributed by atoms with Crippen LogP contribution in [0.2, 0.25) is 0 Å². The number of aryl methyl sites for hydroxylation is 1. The maximum Gasteiger partial charge on any atom is 0.239 e. The average Bonchev–Trinajstić information content (AvgIpc) is 2.64. The van der Waals surface area contributed by atoms with Crippen molar-refractivity contribution >= 4 is 24.2 Å².